The van der Waals surface area contributed by atoms with Crippen LogP contribution in [0.5, 0.6) is 0 Å². The predicted octanol–water partition coefficient (Wildman–Crippen LogP) is 2.27. The molecule has 0 spiro atoms. The second kappa shape index (κ2) is 7.53. The van der Waals surface area contributed by atoms with Crippen molar-refractivity contribution in [3.8, 4) is 0 Å². The molecule has 6 heteroatoms. The van der Waals surface area contributed by atoms with Crippen LogP contribution in [0.3, 0.4) is 0 Å². The molecule has 0 radical (unpaired) electrons. The summed E-state index contributed by atoms with van der Waals surface area (Å²) in [7, 11) is 0. The van der Waals surface area contributed by atoms with Gasteiger partial charge in [0.25, 0.3) is 5.69 Å². The number of nitro groups is 1. The van der Waals surface area contributed by atoms with Crippen LogP contribution in [0.4, 0.5) is 5.69 Å². The number of rotatable bonds is 5. The van der Waals surface area contributed by atoms with E-state index in [2.05, 4.69) is 10.2 Å². The molecule has 2 N–H and O–H groups in total. The number of non-ortho nitro benzene ring substituents is 1. The summed E-state index contributed by atoms with van der Waals surface area (Å²) in [6.45, 7) is 3.38. The van der Waals surface area contributed by atoms with Gasteiger partial charge in [-0.25, -0.2) is 0 Å². The number of piperazine rings is 1. The van der Waals surface area contributed by atoms with Crippen LogP contribution in [0.1, 0.15) is 23.3 Å². The SMILES string of the molecule is O=[N+]([O-])c1ccc(C(C(O)c2ccccc2)N2CCNCC2)cc1. The lowest BCUT2D eigenvalue weighted by atomic mass is 9.93. The van der Waals surface area contributed by atoms with E-state index in [9.17, 15) is 15.2 Å². The van der Waals surface area contributed by atoms with E-state index >= 15 is 0 Å². The first kappa shape index (κ1) is 16.6. The zero-order valence-electron chi connectivity index (χ0n) is 13.3. The fourth-order valence-electron chi connectivity index (χ4n) is 3.18. The van der Waals surface area contributed by atoms with E-state index in [1.807, 2.05) is 30.3 Å². The van der Waals surface area contributed by atoms with Gasteiger partial charge >= 0.3 is 0 Å². The normalized spacial score (nSPS) is 18.0. The molecule has 0 saturated carbocycles. The standard InChI is InChI=1S/C18H21N3O3/c22-18(15-4-2-1-3-5-15)17(20-12-10-19-11-13-20)14-6-8-16(9-7-14)21(23)24/h1-9,17-19,22H,10-13H2. The molecule has 126 valence electrons. The van der Waals surface area contributed by atoms with Gasteiger partial charge in [-0.05, 0) is 11.1 Å². The van der Waals surface area contributed by atoms with Gasteiger partial charge in [-0.2, -0.15) is 0 Å². The largest absolute Gasteiger partial charge is 0.386 e. The summed E-state index contributed by atoms with van der Waals surface area (Å²) in [6.07, 6.45) is -0.689. The minimum atomic E-state index is -0.689. The number of benzene rings is 2. The topological polar surface area (TPSA) is 78.6 Å². The lowest BCUT2D eigenvalue weighted by molar-refractivity contribution is -0.384. The van der Waals surface area contributed by atoms with Crippen molar-refractivity contribution in [3.63, 3.8) is 0 Å². The Morgan fingerprint density at radius 3 is 2.21 bits per heavy atom. The molecule has 2 atom stereocenters. The van der Waals surface area contributed by atoms with Crippen molar-refractivity contribution in [2.24, 2.45) is 0 Å². The van der Waals surface area contributed by atoms with Crippen molar-refractivity contribution in [1.82, 2.24) is 10.2 Å². The lowest BCUT2D eigenvalue weighted by Crippen LogP contribution is -2.46. The Morgan fingerprint density at radius 1 is 1.00 bits per heavy atom. The van der Waals surface area contributed by atoms with Gasteiger partial charge in [0.15, 0.2) is 0 Å². The monoisotopic (exact) mass is 327 g/mol. The zero-order valence-corrected chi connectivity index (χ0v) is 13.3. The molecule has 0 amide bonds. The van der Waals surface area contributed by atoms with Crippen LogP contribution >= 0.6 is 0 Å². The van der Waals surface area contributed by atoms with E-state index in [0.717, 1.165) is 37.3 Å². The third-order valence-corrected chi connectivity index (χ3v) is 4.43. The quantitative estimate of drug-likeness (QED) is 0.651. The average Bonchev–Trinajstić information content (AvgIpc) is 2.64. The smallest absolute Gasteiger partial charge is 0.269 e. The van der Waals surface area contributed by atoms with Crippen molar-refractivity contribution in [3.05, 3.63) is 75.8 Å². The van der Waals surface area contributed by atoms with E-state index in [0.29, 0.717) is 0 Å². The molecule has 1 aliphatic rings. The highest BCUT2D eigenvalue weighted by molar-refractivity contribution is 5.35. The molecule has 3 rings (SSSR count). The summed E-state index contributed by atoms with van der Waals surface area (Å²) in [5.41, 5.74) is 1.80. The summed E-state index contributed by atoms with van der Waals surface area (Å²) >= 11 is 0. The first-order chi connectivity index (χ1) is 11.7. The summed E-state index contributed by atoms with van der Waals surface area (Å²) < 4.78 is 0. The Hall–Kier alpha value is -2.28. The van der Waals surface area contributed by atoms with Crippen molar-refractivity contribution >= 4 is 5.69 Å². The van der Waals surface area contributed by atoms with Crippen molar-refractivity contribution in [2.75, 3.05) is 26.2 Å². The number of hydrogen-bond acceptors (Lipinski definition) is 5. The van der Waals surface area contributed by atoms with E-state index < -0.39 is 11.0 Å². The minimum Gasteiger partial charge on any atom is -0.386 e. The molecule has 0 bridgehead atoms. The molecular formula is C18H21N3O3. The fraction of sp³-hybridized carbons (Fsp3) is 0.333. The molecule has 2 unspecified atom stereocenters. The fourth-order valence-corrected chi connectivity index (χ4v) is 3.18. The molecule has 0 aliphatic carbocycles. The van der Waals surface area contributed by atoms with Crippen molar-refractivity contribution in [2.45, 2.75) is 12.1 Å². The summed E-state index contributed by atoms with van der Waals surface area (Å²) in [5, 5.41) is 25.2. The molecular weight excluding hydrogens is 306 g/mol. The number of aliphatic hydroxyl groups is 1. The van der Waals surface area contributed by atoms with Crippen LogP contribution in [-0.2, 0) is 0 Å². The van der Waals surface area contributed by atoms with Gasteiger partial charge in [-0.1, -0.05) is 42.5 Å². The van der Waals surface area contributed by atoms with E-state index in [-0.39, 0.29) is 11.7 Å². The van der Waals surface area contributed by atoms with Crippen LogP contribution in [0.2, 0.25) is 0 Å². The number of aliphatic hydroxyl groups excluding tert-OH is 1. The van der Waals surface area contributed by atoms with Crippen LogP contribution < -0.4 is 5.32 Å². The number of nitrogens with zero attached hydrogens (tertiary/aromatic N) is 2. The molecule has 1 heterocycles. The van der Waals surface area contributed by atoms with Crippen LogP contribution in [0.15, 0.2) is 54.6 Å². The first-order valence-electron chi connectivity index (χ1n) is 8.09. The Balaban J connectivity index is 1.93. The summed E-state index contributed by atoms with van der Waals surface area (Å²) in [5.74, 6) is 0. The van der Waals surface area contributed by atoms with Gasteiger partial charge in [0.1, 0.15) is 0 Å². The van der Waals surface area contributed by atoms with Gasteiger partial charge < -0.3 is 10.4 Å². The highest BCUT2D eigenvalue weighted by atomic mass is 16.6. The highest BCUT2D eigenvalue weighted by Crippen LogP contribution is 2.34. The maximum Gasteiger partial charge on any atom is 0.269 e. The molecule has 0 aromatic heterocycles. The molecule has 2 aromatic carbocycles. The molecule has 1 aliphatic heterocycles. The Labute approximate surface area is 140 Å². The lowest BCUT2D eigenvalue weighted by Gasteiger charge is -2.38. The Kier molecular flexibility index (Phi) is 5.20. The van der Waals surface area contributed by atoms with Crippen molar-refractivity contribution < 1.29 is 10.0 Å². The predicted molar refractivity (Wildman–Crippen MR) is 91.7 cm³/mol. The van der Waals surface area contributed by atoms with Crippen LogP contribution in [0.25, 0.3) is 0 Å². The minimum absolute atomic E-state index is 0.0620. The average molecular weight is 327 g/mol. The second-order valence-corrected chi connectivity index (χ2v) is 5.93. The second-order valence-electron chi connectivity index (χ2n) is 5.93. The van der Waals surface area contributed by atoms with Gasteiger partial charge in [0.2, 0.25) is 0 Å². The van der Waals surface area contributed by atoms with Crippen molar-refractivity contribution in [1.29, 1.82) is 0 Å². The first-order valence-corrected chi connectivity index (χ1v) is 8.09. The maximum atomic E-state index is 11.0. The summed E-state index contributed by atoms with van der Waals surface area (Å²) in [6, 6.07) is 15.8. The Bertz CT molecular complexity index is 670. The Morgan fingerprint density at radius 2 is 1.62 bits per heavy atom. The van der Waals surface area contributed by atoms with Gasteiger partial charge in [-0.15, -0.1) is 0 Å². The van der Waals surface area contributed by atoms with Crippen LogP contribution in [-0.4, -0.2) is 41.1 Å². The summed E-state index contributed by atoms with van der Waals surface area (Å²) in [4.78, 5) is 12.7. The third kappa shape index (κ3) is 3.62. The maximum absolute atomic E-state index is 11.0. The molecule has 2 aromatic rings. The van der Waals surface area contributed by atoms with Gasteiger partial charge in [0.05, 0.1) is 17.1 Å². The van der Waals surface area contributed by atoms with Gasteiger partial charge in [-0.3, -0.25) is 15.0 Å². The van der Waals surface area contributed by atoms with Crippen LogP contribution in [0, 0.1) is 10.1 Å². The highest BCUT2D eigenvalue weighted by Gasteiger charge is 2.30. The van der Waals surface area contributed by atoms with E-state index in [1.54, 1.807) is 12.1 Å². The van der Waals surface area contributed by atoms with Gasteiger partial charge in [0, 0.05) is 38.3 Å². The number of hydrogen-bond donors (Lipinski definition) is 2. The molecule has 24 heavy (non-hydrogen) atoms. The van der Waals surface area contributed by atoms with E-state index in [4.69, 9.17) is 0 Å². The molecule has 6 nitrogen and oxygen atoms in total. The zero-order chi connectivity index (χ0) is 16.9. The van der Waals surface area contributed by atoms with E-state index in [1.165, 1.54) is 12.1 Å². The molecule has 1 saturated heterocycles. The third-order valence-electron chi connectivity index (χ3n) is 4.43. The number of nitro benzene ring substituents is 1. The molecule has 1 fully saturated rings. The number of nitrogens with one attached hydrogen (secondary N) is 1.